The van der Waals surface area contributed by atoms with Gasteiger partial charge in [0, 0.05) is 29.2 Å². The van der Waals surface area contributed by atoms with Crippen molar-refractivity contribution in [1.82, 2.24) is 16.2 Å². The molecule has 6 nitrogen and oxygen atoms in total. The molecule has 0 unspecified atom stereocenters. The van der Waals surface area contributed by atoms with Crippen molar-refractivity contribution in [1.29, 1.82) is 0 Å². The third-order valence-electron chi connectivity index (χ3n) is 3.53. The fourth-order valence-electron chi connectivity index (χ4n) is 2.56. The minimum Gasteiger partial charge on any atom is -0.493 e. The summed E-state index contributed by atoms with van der Waals surface area (Å²) in [6.07, 6.45) is 4.15. The molecule has 1 amide bonds. The van der Waals surface area contributed by atoms with E-state index in [-0.39, 0.29) is 17.6 Å². The molecule has 1 aromatic carbocycles. The predicted octanol–water partition coefficient (Wildman–Crippen LogP) is 2.72. The number of hydrogen-bond acceptors (Lipinski definition) is 4. The maximum Gasteiger partial charge on any atom is 0.262 e. The van der Waals surface area contributed by atoms with E-state index in [1.54, 1.807) is 6.08 Å². The van der Waals surface area contributed by atoms with Gasteiger partial charge in [0.25, 0.3) is 5.91 Å². The number of nitrogens with one attached hydrogen (secondary N) is 3. The largest absolute Gasteiger partial charge is 0.493 e. The molecule has 1 atom stereocenters. The van der Waals surface area contributed by atoms with Crippen LogP contribution in [0.25, 0.3) is 6.08 Å². The zero-order valence-electron chi connectivity index (χ0n) is 15.9. The van der Waals surface area contributed by atoms with E-state index in [1.807, 2.05) is 46.8 Å². The van der Waals surface area contributed by atoms with Crippen LogP contribution in [0.4, 0.5) is 0 Å². The third kappa shape index (κ3) is 5.91. The number of ether oxygens (including phenoxy) is 2. The van der Waals surface area contributed by atoms with Gasteiger partial charge in [-0.2, -0.15) is 0 Å². The van der Waals surface area contributed by atoms with E-state index in [2.05, 4.69) is 16.2 Å². The van der Waals surface area contributed by atoms with Crippen molar-refractivity contribution in [2.75, 3.05) is 6.61 Å². The van der Waals surface area contributed by atoms with Crippen LogP contribution in [-0.4, -0.2) is 29.3 Å². The van der Waals surface area contributed by atoms with E-state index >= 15 is 0 Å². The summed E-state index contributed by atoms with van der Waals surface area (Å²) in [5, 5.41) is 3.41. The topological polar surface area (TPSA) is 71.6 Å². The molecule has 1 heterocycles. The Bertz CT molecular complexity index is 711. The summed E-state index contributed by atoms with van der Waals surface area (Å²) in [5.74, 6) is 1.26. The van der Waals surface area contributed by atoms with E-state index in [1.165, 1.54) is 6.08 Å². The Kier molecular flexibility index (Phi) is 6.47. The van der Waals surface area contributed by atoms with Crippen LogP contribution in [0.5, 0.6) is 11.5 Å². The quantitative estimate of drug-likeness (QED) is 0.426. The summed E-state index contributed by atoms with van der Waals surface area (Å²) in [7, 11) is 0. The average molecular weight is 378 g/mol. The maximum atomic E-state index is 12.0. The number of carbonyl (C=O) groups excluding carboxylic acids is 1. The number of carbonyl (C=O) groups is 1. The molecule has 1 aromatic rings. The second-order valence-corrected chi connectivity index (χ2v) is 7.62. The number of hydrazine groups is 1. The van der Waals surface area contributed by atoms with Crippen molar-refractivity contribution >= 4 is 29.3 Å². The van der Waals surface area contributed by atoms with Crippen LogP contribution in [-0.2, 0) is 11.2 Å². The van der Waals surface area contributed by atoms with Crippen LogP contribution in [0, 0.1) is 0 Å². The summed E-state index contributed by atoms with van der Waals surface area (Å²) in [6, 6.07) is 3.90. The molecule has 0 aromatic heterocycles. The van der Waals surface area contributed by atoms with Gasteiger partial charge >= 0.3 is 0 Å². The number of thiocarbonyl (C=S) groups is 1. The molecule has 26 heavy (non-hydrogen) atoms. The van der Waals surface area contributed by atoms with Crippen LogP contribution < -0.4 is 25.6 Å². The van der Waals surface area contributed by atoms with Crippen LogP contribution in [0.15, 0.2) is 18.2 Å². The van der Waals surface area contributed by atoms with Gasteiger partial charge in [0.15, 0.2) is 5.11 Å². The molecular formula is C19H27N3O3S. The fraction of sp³-hybridized carbons (Fsp3) is 0.474. The second-order valence-electron chi connectivity index (χ2n) is 7.22. The monoisotopic (exact) mass is 377 g/mol. The predicted molar refractivity (Wildman–Crippen MR) is 107 cm³/mol. The van der Waals surface area contributed by atoms with Gasteiger partial charge in [-0.1, -0.05) is 0 Å². The first-order chi connectivity index (χ1) is 12.2. The Labute approximate surface area is 160 Å². The van der Waals surface area contributed by atoms with Gasteiger partial charge in [0.1, 0.15) is 17.6 Å². The molecule has 0 spiro atoms. The maximum absolute atomic E-state index is 12.0. The molecule has 1 aliphatic rings. The third-order valence-corrected chi connectivity index (χ3v) is 3.73. The van der Waals surface area contributed by atoms with Gasteiger partial charge in [-0.3, -0.25) is 15.6 Å². The first-order valence-electron chi connectivity index (χ1n) is 8.70. The van der Waals surface area contributed by atoms with Crippen molar-refractivity contribution in [3.8, 4) is 11.5 Å². The number of hydrogen-bond donors (Lipinski definition) is 3. The highest BCUT2D eigenvalue weighted by Gasteiger charge is 2.21. The van der Waals surface area contributed by atoms with Crippen molar-refractivity contribution in [2.45, 2.75) is 52.7 Å². The highest BCUT2D eigenvalue weighted by Crippen LogP contribution is 2.35. The lowest BCUT2D eigenvalue weighted by molar-refractivity contribution is -0.117. The summed E-state index contributed by atoms with van der Waals surface area (Å²) in [5.41, 5.74) is 6.95. The van der Waals surface area contributed by atoms with E-state index in [9.17, 15) is 4.79 Å². The number of fused-ring (bicyclic) bond motifs is 1. The highest BCUT2D eigenvalue weighted by atomic mass is 32.1. The Morgan fingerprint density at radius 3 is 2.77 bits per heavy atom. The molecule has 0 saturated carbocycles. The average Bonchev–Trinajstić information content (AvgIpc) is 2.88. The molecule has 2 rings (SSSR count). The van der Waals surface area contributed by atoms with Crippen molar-refractivity contribution in [3.05, 3.63) is 29.3 Å². The molecule has 0 fully saturated rings. The van der Waals surface area contributed by atoms with Gasteiger partial charge in [-0.05, 0) is 65.0 Å². The molecule has 1 aliphatic heterocycles. The van der Waals surface area contributed by atoms with E-state index in [0.717, 1.165) is 29.0 Å². The summed E-state index contributed by atoms with van der Waals surface area (Å²) in [6.45, 7) is 10.5. The Morgan fingerprint density at radius 1 is 1.38 bits per heavy atom. The van der Waals surface area contributed by atoms with Crippen LogP contribution >= 0.6 is 12.2 Å². The fourth-order valence-corrected chi connectivity index (χ4v) is 2.92. The van der Waals surface area contributed by atoms with Crippen LogP contribution in [0.1, 0.15) is 45.7 Å². The summed E-state index contributed by atoms with van der Waals surface area (Å²) in [4.78, 5) is 12.0. The van der Waals surface area contributed by atoms with Crippen molar-refractivity contribution in [3.63, 3.8) is 0 Å². The Morgan fingerprint density at radius 2 is 2.12 bits per heavy atom. The minimum atomic E-state index is -0.319. The van der Waals surface area contributed by atoms with Crippen molar-refractivity contribution < 1.29 is 14.3 Å². The van der Waals surface area contributed by atoms with Gasteiger partial charge in [0.05, 0.1) is 6.61 Å². The molecular weight excluding hydrogens is 350 g/mol. The highest BCUT2D eigenvalue weighted by molar-refractivity contribution is 7.80. The molecule has 3 N–H and O–H groups in total. The smallest absolute Gasteiger partial charge is 0.262 e. The zero-order chi connectivity index (χ0) is 19.3. The summed E-state index contributed by atoms with van der Waals surface area (Å²) >= 11 is 5.12. The van der Waals surface area contributed by atoms with Crippen LogP contribution in [0.2, 0.25) is 0 Å². The van der Waals surface area contributed by atoms with E-state index in [0.29, 0.717) is 11.7 Å². The first kappa shape index (κ1) is 20.0. The van der Waals surface area contributed by atoms with Gasteiger partial charge in [-0.15, -0.1) is 0 Å². The SMILES string of the molecule is CCOc1cc2c(cc1/C=C/C(=O)NNC(=S)NC(C)(C)C)O[C@H](C)C2. The number of amides is 1. The standard InChI is InChI=1S/C19H27N3O3S/c1-6-24-15-11-14-9-12(2)25-16(14)10-13(15)7-8-17(23)21-22-18(26)20-19(3,4)5/h7-8,10-12H,6,9H2,1-5H3,(H,21,23)(H2,20,22,26)/b8-7+/t12-/m1/s1. The minimum absolute atomic E-state index is 0.155. The van der Waals surface area contributed by atoms with Crippen molar-refractivity contribution in [2.24, 2.45) is 0 Å². The van der Waals surface area contributed by atoms with Gasteiger partial charge in [0.2, 0.25) is 0 Å². The first-order valence-corrected chi connectivity index (χ1v) is 9.11. The Hall–Kier alpha value is -2.28. The molecule has 142 valence electrons. The molecule has 7 heteroatoms. The molecule has 0 aliphatic carbocycles. The molecule has 0 bridgehead atoms. The number of rotatable bonds is 4. The van der Waals surface area contributed by atoms with E-state index < -0.39 is 0 Å². The number of benzene rings is 1. The van der Waals surface area contributed by atoms with Gasteiger partial charge in [-0.25, -0.2) is 0 Å². The lowest BCUT2D eigenvalue weighted by Crippen LogP contribution is -2.51. The lowest BCUT2D eigenvalue weighted by atomic mass is 10.1. The summed E-state index contributed by atoms with van der Waals surface area (Å²) < 4.78 is 11.5. The van der Waals surface area contributed by atoms with Gasteiger partial charge < -0.3 is 14.8 Å². The van der Waals surface area contributed by atoms with E-state index in [4.69, 9.17) is 21.7 Å². The van der Waals surface area contributed by atoms with Crippen LogP contribution in [0.3, 0.4) is 0 Å². The molecule has 0 radical (unpaired) electrons. The zero-order valence-corrected chi connectivity index (χ0v) is 16.8. The lowest BCUT2D eigenvalue weighted by Gasteiger charge is -2.22. The molecule has 0 saturated heterocycles. The normalized spacial score (nSPS) is 16.0. The second kappa shape index (κ2) is 8.40. The Balaban J connectivity index is 2.01.